The second-order valence-electron chi connectivity index (χ2n) is 12.3. The molecule has 1 heterocycles. The quantitative estimate of drug-likeness (QED) is 0.604. The molecule has 1 aromatic rings. The third kappa shape index (κ3) is 2.80. The number of rotatable bonds is 2. The molecule has 0 amide bonds. The van der Waals surface area contributed by atoms with Crippen molar-refractivity contribution in [3.05, 3.63) is 30.1 Å². The van der Waals surface area contributed by atoms with Crippen molar-refractivity contribution in [3.63, 3.8) is 0 Å². The molecule has 1 N–H and O–H groups in total. The Bertz CT molecular complexity index is 835. The van der Waals surface area contributed by atoms with Gasteiger partial charge in [0.2, 0.25) is 0 Å². The Balaban J connectivity index is 1.42. The molecule has 8 atom stereocenters. The fourth-order valence-corrected chi connectivity index (χ4v) is 9.08. The third-order valence-corrected chi connectivity index (χ3v) is 10.9. The highest BCUT2D eigenvalue weighted by Crippen LogP contribution is 2.71. The first-order valence-electron chi connectivity index (χ1n) is 12.3. The Morgan fingerprint density at radius 1 is 1.00 bits per heavy atom. The van der Waals surface area contributed by atoms with Crippen molar-refractivity contribution in [1.82, 2.24) is 4.98 Å². The van der Waals surface area contributed by atoms with Crippen LogP contribution in [0, 0.1) is 39.9 Å². The molecule has 0 saturated heterocycles. The largest absolute Gasteiger partial charge is 0.390 e. The standard InChI is InChI=1S/C27H39NO2/c1-24-11-9-19-20-7-8-22(23(29)18-6-5-15-28-16-18)26(20,3)12-10-21(19)27(24,4)14-13-25(2,30)17-24/h5-6,15-16,19-22,30H,7-14,17H2,1-4H3/t19-,20-,21-,22+,24-,25+,26-,27+/m0/s1. The Kier molecular flexibility index (Phi) is 4.57. The Morgan fingerprint density at radius 2 is 1.80 bits per heavy atom. The fraction of sp³-hybridized carbons (Fsp3) is 0.778. The Hall–Kier alpha value is -1.22. The number of carbonyl (C=O) groups is 1. The monoisotopic (exact) mass is 409 g/mol. The number of fused-ring (bicyclic) bond motifs is 5. The lowest BCUT2D eigenvalue weighted by atomic mass is 9.39. The van der Waals surface area contributed by atoms with E-state index in [0.717, 1.165) is 43.1 Å². The van der Waals surface area contributed by atoms with E-state index >= 15 is 0 Å². The van der Waals surface area contributed by atoms with Gasteiger partial charge < -0.3 is 5.11 Å². The molecular weight excluding hydrogens is 370 g/mol. The van der Waals surface area contributed by atoms with E-state index in [-0.39, 0.29) is 16.7 Å². The summed E-state index contributed by atoms with van der Waals surface area (Å²) in [6.45, 7) is 9.50. The van der Waals surface area contributed by atoms with Crippen molar-refractivity contribution in [1.29, 1.82) is 0 Å². The molecule has 30 heavy (non-hydrogen) atoms. The minimum absolute atomic E-state index is 0.137. The number of aromatic nitrogens is 1. The van der Waals surface area contributed by atoms with Gasteiger partial charge in [0, 0.05) is 23.9 Å². The summed E-state index contributed by atoms with van der Waals surface area (Å²) < 4.78 is 0. The first-order valence-corrected chi connectivity index (χ1v) is 12.3. The van der Waals surface area contributed by atoms with Crippen LogP contribution < -0.4 is 0 Å². The van der Waals surface area contributed by atoms with Gasteiger partial charge in [0.25, 0.3) is 0 Å². The summed E-state index contributed by atoms with van der Waals surface area (Å²) in [5, 5.41) is 10.8. The number of Topliss-reactive ketones (excluding diaryl/α,β-unsaturated/α-hetero) is 1. The van der Waals surface area contributed by atoms with Gasteiger partial charge in [-0.15, -0.1) is 0 Å². The van der Waals surface area contributed by atoms with Gasteiger partial charge in [0.05, 0.1) is 5.60 Å². The van der Waals surface area contributed by atoms with Crippen LogP contribution in [0.4, 0.5) is 0 Å². The van der Waals surface area contributed by atoms with Crippen LogP contribution in [0.1, 0.15) is 95.8 Å². The summed E-state index contributed by atoms with van der Waals surface area (Å²) in [6.07, 6.45) is 13.7. The molecule has 5 rings (SSSR count). The molecule has 4 aliphatic carbocycles. The highest BCUT2D eigenvalue weighted by Gasteiger charge is 2.64. The third-order valence-electron chi connectivity index (χ3n) is 10.9. The smallest absolute Gasteiger partial charge is 0.168 e. The van der Waals surface area contributed by atoms with E-state index in [9.17, 15) is 9.90 Å². The summed E-state index contributed by atoms with van der Waals surface area (Å²) >= 11 is 0. The lowest BCUT2D eigenvalue weighted by molar-refractivity contribution is -0.188. The SMILES string of the molecule is C[C@@]1(O)CC[C@]2(C)[C@H]3CC[C@]4(C)[C@@H](C(=O)c5cccnc5)CC[C@H]4[C@@H]3CC[C@@]2(C)C1. The van der Waals surface area contributed by atoms with Crippen LogP contribution >= 0.6 is 0 Å². The molecule has 0 bridgehead atoms. The molecule has 0 aliphatic heterocycles. The van der Waals surface area contributed by atoms with E-state index in [1.807, 2.05) is 19.1 Å². The number of pyridine rings is 1. The molecule has 4 aliphatic rings. The van der Waals surface area contributed by atoms with Crippen molar-refractivity contribution < 1.29 is 9.90 Å². The van der Waals surface area contributed by atoms with Gasteiger partial charge in [-0.3, -0.25) is 9.78 Å². The highest BCUT2D eigenvalue weighted by atomic mass is 16.3. The van der Waals surface area contributed by atoms with Crippen molar-refractivity contribution in [2.24, 2.45) is 39.9 Å². The predicted molar refractivity (Wildman–Crippen MR) is 119 cm³/mol. The molecule has 0 radical (unpaired) electrons. The Morgan fingerprint density at radius 3 is 2.53 bits per heavy atom. The summed E-state index contributed by atoms with van der Waals surface area (Å²) in [6, 6.07) is 3.83. The van der Waals surface area contributed by atoms with Crippen LogP contribution in [0.2, 0.25) is 0 Å². The molecule has 0 unspecified atom stereocenters. The van der Waals surface area contributed by atoms with E-state index in [1.165, 1.54) is 32.1 Å². The van der Waals surface area contributed by atoms with Crippen molar-refractivity contribution in [2.75, 3.05) is 0 Å². The van der Waals surface area contributed by atoms with Gasteiger partial charge in [0.1, 0.15) is 0 Å². The maximum Gasteiger partial charge on any atom is 0.168 e. The van der Waals surface area contributed by atoms with Crippen LogP contribution in [0.25, 0.3) is 0 Å². The molecule has 0 aromatic carbocycles. The number of carbonyl (C=O) groups excluding carboxylic acids is 1. The van der Waals surface area contributed by atoms with Crippen LogP contribution in [-0.2, 0) is 0 Å². The van der Waals surface area contributed by atoms with Gasteiger partial charge in [-0.1, -0.05) is 20.8 Å². The number of aliphatic hydroxyl groups is 1. The minimum Gasteiger partial charge on any atom is -0.390 e. The van der Waals surface area contributed by atoms with E-state index in [2.05, 4.69) is 25.8 Å². The molecular formula is C27H39NO2. The average Bonchev–Trinajstić information content (AvgIpc) is 3.06. The number of hydrogen-bond donors (Lipinski definition) is 1. The summed E-state index contributed by atoms with van der Waals surface area (Å²) in [5.41, 5.74) is 0.999. The molecule has 4 saturated carbocycles. The van der Waals surface area contributed by atoms with E-state index < -0.39 is 5.60 Å². The number of ketones is 1. The summed E-state index contributed by atoms with van der Waals surface area (Å²) in [5.74, 6) is 2.65. The zero-order chi connectivity index (χ0) is 21.4. The van der Waals surface area contributed by atoms with Gasteiger partial charge in [-0.05, 0) is 111 Å². The van der Waals surface area contributed by atoms with Crippen molar-refractivity contribution in [3.8, 4) is 0 Å². The van der Waals surface area contributed by atoms with E-state index in [4.69, 9.17) is 0 Å². The first kappa shape index (κ1) is 20.7. The summed E-state index contributed by atoms with van der Waals surface area (Å²) in [4.78, 5) is 17.6. The van der Waals surface area contributed by atoms with Crippen LogP contribution in [0.3, 0.4) is 0 Å². The maximum atomic E-state index is 13.4. The van der Waals surface area contributed by atoms with Crippen molar-refractivity contribution >= 4 is 5.78 Å². The normalized spacial score (nSPS) is 50.3. The first-order chi connectivity index (χ1) is 14.1. The second kappa shape index (κ2) is 6.64. The Labute approximate surface area is 182 Å². The molecule has 1 aromatic heterocycles. The molecule has 164 valence electrons. The molecule has 3 nitrogen and oxygen atoms in total. The lowest BCUT2D eigenvalue weighted by Gasteiger charge is -2.66. The van der Waals surface area contributed by atoms with Gasteiger partial charge in [0.15, 0.2) is 5.78 Å². The fourth-order valence-electron chi connectivity index (χ4n) is 9.08. The zero-order valence-electron chi connectivity index (χ0n) is 19.3. The second-order valence-corrected chi connectivity index (χ2v) is 12.3. The number of nitrogens with zero attached hydrogens (tertiary/aromatic N) is 1. The van der Waals surface area contributed by atoms with Crippen LogP contribution in [-0.4, -0.2) is 21.5 Å². The lowest BCUT2D eigenvalue weighted by Crippen LogP contribution is -2.60. The highest BCUT2D eigenvalue weighted by molar-refractivity contribution is 5.98. The zero-order valence-corrected chi connectivity index (χ0v) is 19.3. The van der Waals surface area contributed by atoms with Crippen molar-refractivity contribution in [2.45, 2.75) is 91.1 Å². The van der Waals surface area contributed by atoms with Crippen LogP contribution in [0.5, 0.6) is 0 Å². The van der Waals surface area contributed by atoms with E-state index in [1.54, 1.807) is 12.4 Å². The topological polar surface area (TPSA) is 50.2 Å². The van der Waals surface area contributed by atoms with Gasteiger partial charge in [-0.25, -0.2) is 0 Å². The number of hydrogen-bond acceptors (Lipinski definition) is 3. The van der Waals surface area contributed by atoms with Gasteiger partial charge in [-0.2, -0.15) is 0 Å². The predicted octanol–water partition coefficient (Wildman–Crippen LogP) is 6.06. The maximum absolute atomic E-state index is 13.4. The summed E-state index contributed by atoms with van der Waals surface area (Å²) in [7, 11) is 0. The molecule has 0 spiro atoms. The van der Waals surface area contributed by atoms with Crippen LogP contribution in [0.15, 0.2) is 24.5 Å². The molecule has 3 heteroatoms. The van der Waals surface area contributed by atoms with E-state index in [0.29, 0.717) is 17.1 Å². The van der Waals surface area contributed by atoms with Gasteiger partial charge >= 0.3 is 0 Å². The average molecular weight is 410 g/mol. The minimum atomic E-state index is -0.501. The molecule has 4 fully saturated rings.